The lowest BCUT2D eigenvalue weighted by molar-refractivity contribution is -0.113. The summed E-state index contributed by atoms with van der Waals surface area (Å²) in [6.45, 7) is 4.32. The smallest absolute Gasteiger partial charge is 0.298 e. The maximum atomic E-state index is 12.9. The van der Waals surface area contributed by atoms with E-state index in [1.54, 1.807) is 24.3 Å². The van der Waals surface area contributed by atoms with Crippen LogP contribution in [0.1, 0.15) is 31.9 Å². The molecule has 6 heteroatoms. The van der Waals surface area contributed by atoms with Crippen LogP contribution in [-0.4, -0.2) is 15.7 Å². The van der Waals surface area contributed by atoms with Gasteiger partial charge in [-0.15, -0.1) is 0 Å². The van der Waals surface area contributed by atoms with Gasteiger partial charge in [0.1, 0.15) is 0 Å². The van der Waals surface area contributed by atoms with Crippen LogP contribution in [0.4, 0.5) is 10.5 Å². The maximum absolute atomic E-state index is 12.9. The van der Waals surface area contributed by atoms with Crippen LogP contribution in [0.3, 0.4) is 0 Å². The summed E-state index contributed by atoms with van der Waals surface area (Å²) in [6.07, 6.45) is 4.89. The van der Waals surface area contributed by atoms with Gasteiger partial charge in [-0.3, -0.25) is 9.59 Å². The average molecular weight is 411 g/mol. The molecule has 0 spiro atoms. The van der Waals surface area contributed by atoms with Crippen molar-refractivity contribution in [1.29, 1.82) is 0 Å². The van der Waals surface area contributed by atoms with E-state index in [1.165, 1.54) is 4.90 Å². The van der Waals surface area contributed by atoms with Crippen LogP contribution in [0, 0.1) is 0 Å². The molecule has 0 saturated carbocycles. The quantitative estimate of drug-likeness (QED) is 0.460. The summed E-state index contributed by atoms with van der Waals surface area (Å²) in [5.41, 5.74) is 2.59. The van der Waals surface area contributed by atoms with Crippen LogP contribution in [0.5, 0.6) is 0 Å². The SMILES string of the molecule is CC[C@@H](C)n1cc(/C=C2/SC(=O)N(c3ccc(Cl)cc3)C2=O)c2ccccc21. The molecule has 0 aliphatic carbocycles. The first-order valence-electron chi connectivity index (χ1n) is 9.12. The number of thioether (sulfide) groups is 1. The molecule has 1 atom stereocenters. The van der Waals surface area contributed by atoms with Crippen LogP contribution in [0.25, 0.3) is 17.0 Å². The van der Waals surface area contributed by atoms with Crippen molar-refractivity contribution >= 4 is 57.2 Å². The van der Waals surface area contributed by atoms with E-state index in [-0.39, 0.29) is 11.1 Å². The van der Waals surface area contributed by atoms with Crippen molar-refractivity contribution in [3.8, 4) is 0 Å². The summed E-state index contributed by atoms with van der Waals surface area (Å²) in [6, 6.07) is 15.2. The number of rotatable bonds is 4. The Hall–Kier alpha value is -2.50. The van der Waals surface area contributed by atoms with Crippen molar-refractivity contribution in [1.82, 2.24) is 4.57 Å². The zero-order valence-electron chi connectivity index (χ0n) is 15.6. The molecule has 1 aliphatic heterocycles. The van der Waals surface area contributed by atoms with Gasteiger partial charge in [0.25, 0.3) is 11.1 Å². The van der Waals surface area contributed by atoms with Crippen molar-refractivity contribution in [2.24, 2.45) is 0 Å². The van der Waals surface area contributed by atoms with Crippen molar-refractivity contribution in [2.75, 3.05) is 4.90 Å². The lowest BCUT2D eigenvalue weighted by Gasteiger charge is -2.12. The molecule has 2 heterocycles. The number of carbonyl (C=O) groups excluding carboxylic acids is 2. The lowest BCUT2D eigenvalue weighted by atomic mass is 10.1. The fourth-order valence-electron chi connectivity index (χ4n) is 3.33. The highest BCUT2D eigenvalue weighted by molar-refractivity contribution is 8.19. The van der Waals surface area contributed by atoms with Gasteiger partial charge >= 0.3 is 0 Å². The van der Waals surface area contributed by atoms with Crippen molar-refractivity contribution in [3.63, 3.8) is 0 Å². The van der Waals surface area contributed by atoms with Crippen LogP contribution in [0.15, 0.2) is 59.6 Å². The molecule has 4 nitrogen and oxygen atoms in total. The van der Waals surface area contributed by atoms with Crippen LogP contribution in [-0.2, 0) is 4.79 Å². The minimum Gasteiger partial charge on any atom is -0.344 e. The number of amides is 2. The van der Waals surface area contributed by atoms with Crippen molar-refractivity contribution < 1.29 is 9.59 Å². The minimum atomic E-state index is -0.308. The second-order valence-electron chi connectivity index (χ2n) is 6.76. The monoisotopic (exact) mass is 410 g/mol. The maximum Gasteiger partial charge on any atom is 0.298 e. The third-order valence-corrected chi connectivity index (χ3v) is 6.12. The molecule has 3 aromatic rings. The van der Waals surface area contributed by atoms with Crippen molar-refractivity contribution in [3.05, 3.63) is 70.2 Å². The highest BCUT2D eigenvalue weighted by Crippen LogP contribution is 2.37. The van der Waals surface area contributed by atoms with Gasteiger partial charge < -0.3 is 4.57 Å². The summed E-state index contributed by atoms with van der Waals surface area (Å²) in [4.78, 5) is 27.0. The normalized spacial score (nSPS) is 17.1. The Morgan fingerprint density at radius 2 is 1.82 bits per heavy atom. The number of benzene rings is 2. The molecular formula is C22H19ClN2O2S. The van der Waals surface area contributed by atoms with Gasteiger partial charge in [-0.1, -0.05) is 36.7 Å². The second-order valence-corrected chi connectivity index (χ2v) is 8.19. The summed E-state index contributed by atoms with van der Waals surface area (Å²) in [5.74, 6) is -0.308. The van der Waals surface area contributed by atoms with Gasteiger partial charge in [0.15, 0.2) is 0 Å². The number of imide groups is 1. The van der Waals surface area contributed by atoms with E-state index in [4.69, 9.17) is 11.6 Å². The molecule has 1 aromatic heterocycles. The third kappa shape index (κ3) is 3.25. The zero-order valence-corrected chi connectivity index (χ0v) is 17.1. The Bertz CT molecular complexity index is 1100. The van der Waals surface area contributed by atoms with Gasteiger partial charge in [-0.05, 0) is 61.5 Å². The average Bonchev–Trinajstić information content (AvgIpc) is 3.20. The Morgan fingerprint density at radius 3 is 2.54 bits per heavy atom. The molecule has 1 fully saturated rings. The van der Waals surface area contributed by atoms with E-state index in [2.05, 4.69) is 30.7 Å². The fraction of sp³-hybridized carbons (Fsp3) is 0.182. The number of fused-ring (bicyclic) bond motifs is 1. The zero-order chi connectivity index (χ0) is 19.8. The first-order valence-corrected chi connectivity index (χ1v) is 10.3. The molecule has 2 aromatic carbocycles. The van der Waals surface area contributed by atoms with E-state index in [0.29, 0.717) is 21.7 Å². The molecule has 0 bridgehead atoms. The van der Waals surface area contributed by atoms with Crippen LogP contribution >= 0.6 is 23.4 Å². The van der Waals surface area contributed by atoms with E-state index in [0.717, 1.165) is 34.6 Å². The van der Waals surface area contributed by atoms with Gasteiger partial charge in [-0.2, -0.15) is 0 Å². The molecule has 142 valence electrons. The molecule has 0 radical (unpaired) electrons. The minimum absolute atomic E-state index is 0.302. The lowest BCUT2D eigenvalue weighted by Crippen LogP contribution is -2.27. The number of halogens is 1. The topological polar surface area (TPSA) is 42.3 Å². The number of anilines is 1. The molecule has 4 rings (SSSR count). The Balaban J connectivity index is 1.75. The highest BCUT2D eigenvalue weighted by Gasteiger charge is 2.36. The first-order chi connectivity index (χ1) is 13.5. The van der Waals surface area contributed by atoms with Gasteiger partial charge in [0.2, 0.25) is 0 Å². The molecule has 0 unspecified atom stereocenters. The van der Waals surface area contributed by atoms with E-state index >= 15 is 0 Å². The first kappa shape index (κ1) is 18.8. The highest BCUT2D eigenvalue weighted by atomic mass is 35.5. The molecular weight excluding hydrogens is 392 g/mol. The Morgan fingerprint density at radius 1 is 1.11 bits per heavy atom. The van der Waals surface area contributed by atoms with E-state index < -0.39 is 0 Å². The summed E-state index contributed by atoms with van der Waals surface area (Å²) < 4.78 is 2.23. The summed E-state index contributed by atoms with van der Waals surface area (Å²) >= 11 is 6.88. The number of aromatic nitrogens is 1. The van der Waals surface area contributed by atoms with E-state index in [1.807, 2.05) is 24.3 Å². The summed E-state index contributed by atoms with van der Waals surface area (Å²) in [7, 11) is 0. The molecule has 28 heavy (non-hydrogen) atoms. The van der Waals surface area contributed by atoms with Crippen LogP contribution < -0.4 is 4.90 Å². The predicted molar refractivity (Wildman–Crippen MR) is 117 cm³/mol. The molecule has 1 saturated heterocycles. The van der Waals surface area contributed by atoms with Gasteiger partial charge in [0.05, 0.1) is 10.6 Å². The van der Waals surface area contributed by atoms with Gasteiger partial charge in [-0.25, -0.2) is 4.90 Å². The number of hydrogen-bond acceptors (Lipinski definition) is 3. The summed E-state index contributed by atoms with van der Waals surface area (Å²) in [5, 5.41) is 1.33. The predicted octanol–water partition coefficient (Wildman–Crippen LogP) is 6.51. The standard InChI is InChI=1S/C22H19ClN2O2S/c1-3-14(2)24-13-15(18-6-4-5-7-19(18)24)12-20-21(26)25(22(27)28-20)17-10-8-16(23)9-11-17/h4-14H,3H2,1-2H3/b20-12+/t14-/m1/s1. The fourth-order valence-corrected chi connectivity index (χ4v) is 4.29. The number of hydrogen-bond donors (Lipinski definition) is 0. The van der Waals surface area contributed by atoms with Crippen molar-refractivity contribution in [2.45, 2.75) is 26.3 Å². The number of para-hydroxylation sites is 1. The third-order valence-electron chi connectivity index (χ3n) is 5.00. The Labute approximate surface area is 172 Å². The Kier molecular flexibility index (Phi) is 5.04. The molecule has 0 N–H and O–H groups in total. The van der Waals surface area contributed by atoms with Gasteiger partial charge in [0, 0.05) is 33.7 Å². The van der Waals surface area contributed by atoms with Crippen LogP contribution in [0.2, 0.25) is 5.02 Å². The number of nitrogens with zero attached hydrogens (tertiary/aromatic N) is 2. The largest absolute Gasteiger partial charge is 0.344 e. The second kappa shape index (κ2) is 7.49. The molecule has 1 aliphatic rings. The number of carbonyl (C=O) groups is 2. The molecule has 2 amide bonds. The van der Waals surface area contributed by atoms with E-state index in [9.17, 15) is 9.59 Å².